The molecule has 138 valence electrons. The Bertz CT molecular complexity index is 497. The molecule has 1 rings (SSSR count). The van der Waals surface area contributed by atoms with Crippen molar-refractivity contribution in [2.45, 2.75) is 56.5 Å². The molecular weight excluding hydrogens is 330 g/mol. The Morgan fingerprint density at radius 1 is 1.42 bits per heavy atom. The van der Waals surface area contributed by atoms with Crippen LogP contribution in [0.2, 0.25) is 0 Å². The summed E-state index contributed by atoms with van der Waals surface area (Å²) in [6.07, 6.45) is -7.54. The van der Waals surface area contributed by atoms with Crippen molar-refractivity contribution in [3.05, 3.63) is 0 Å². The molecule has 1 saturated heterocycles. The van der Waals surface area contributed by atoms with Gasteiger partial charge in [0.05, 0.1) is 18.8 Å². The van der Waals surface area contributed by atoms with E-state index in [1.807, 2.05) is 0 Å². The molecule has 5 N–H and O–H groups in total. The van der Waals surface area contributed by atoms with Crippen LogP contribution in [0.4, 0.5) is 0 Å². The van der Waals surface area contributed by atoms with Crippen molar-refractivity contribution in [1.82, 2.24) is 5.32 Å². The van der Waals surface area contributed by atoms with Crippen LogP contribution in [0, 0.1) is 0 Å². The van der Waals surface area contributed by atoms with Gasteiger partial charge in [0, 0.05) is 20.3 Å². The van der Waals surface area contributed by atoms with E-state index in [0.29, 0.717) is 0 Å². The molecule has 1 unspecified atom stereocenters. The van der Waals surface area contributed by atoms with Gasteiger partial charge in [0.15, 0.2) is 6.10 Å². The van der Waals surface area contributed by atoms with Gasteiger partial charge >= 0.3 is 5.97 Å². The highest BCUT2D eigenvalue weighted by atomic mass is 16.7. The first-order chi connectivity index (χ1) is 11.0. The van der Waals surface area contributed by atoms with Gasteiger partial charge in [0.25, 0.3) is 0 Å². The Labute approximate surface area is 136 Å². The largest absolute Gasteiger partial charge is 0.544 e. The van der Waals surface area contributed by atoms with Gasteiger partial charge in [0.1, 0.15) is 18.2 Å². The summed E-state index contributed by atoms with van der Waals surface area (Å²) in [5.74, 6) is -6.54. The van der Waals surface area contributed by atoms with E-state index in [1.54, 1.807) is 0 Å². The quantitative estimate of drug-likeness (QED) is 0.292. The standard InChI is InChI=1S/C13H21NO10/c1-5(16)14-9-7(18)3-13(22,12(20)21)24-11(9)10(8(19)4-15)23-6(2)17/h7-11,15,18-19,22H,3-4H2,1-2H3,(H,14,16)(H,20,21)/p-1/t7-,8?,9+,10+,11+,13-/m0/s1. The molecule has 0 aromatic carbocycles. The van der Waals surface area contributed by atoms with Crippen molar-refractivity contribution < 1.29 is 49.4 Å². The second kappa shape index (κ2) is 7.85. The van der Waals surface area contributed by atoms with E-state index in [9.17, 15) is 34.8 Å². The van der Waals surface area contributed by atoms with Gasteiger partial charge in [-0.3, -0.25) is 9.59 Å². The molecule has 0 saturated carbocycles. The SMILES string of the molecule is CC(=O)N[C@H]1[C@H]([C@H](OC(C)=O)C(O)CO)O[C@](O)(C(=O)[O-])C[C@@H]1O. The highest BCUT2D eigenvalue weighted by molar-refractivity contribution is 5.75. The fourth-order valence-electron chi connectivity index (χ4n) is 2.45. The summed E-state index contributed by atoms with van der Waals surface area (Å²) in [6.45, 7) is 1.19. The molecule has 0 spiro atoms. The third kappa shape index (κ3) is 4.61. The van der Waals surface area contributed by atoms with Crippen molar-refractivity contribution in [2.24, 2.45) is 0 Å². The number of esters is 1. The fourth-order valence-corrected chi connectivity index (χ4v) is 2.45. The predicted octanol–water partition coefficient (Wildman–Crippen LogP) is -4.64. The van der Waals surface area contributed by atoms with Crippen molar-refractivity contribution in [2.75, 3.05) is 6.61 Å². The Balaban J connectivity index is 3.25. The zero-order valence-electron chi connectivity index (χ0n) is 13.0. The summed E-state index contributed by atoms with van der Waals surface area (Å²) in [6, 6.07) is -1.33. The van der Waals surface area contributed by atoms with Crippen LogP contribution >= 0.6 is 0 Å². The summed E-state index contributed by atoms with van der Waals surface area (Å²) in [5.41, 5.74) is 0. The first kappa shape index (κ1) is 20.3. The lowest BCUT2D eigenvalue weighted by Gasteiger charge is -2.47. The molecule has 1 fully saturated rings. The maximum atomic E-state index is 11.3. The number of carboxylic acid groups (broad SMARTS) is 1. The highest BCUT2D eigenvalue weighted by Crippen LogP contribution is 2.31. The summed E-state index contributed by atoms with van der Waals surface area (Å²) >= 11 is 0. The van der Waals surface area contributed by atoms with E-state index in [4.69, 9.17) is 14.6 Å². The first-order valence-corrected chi connectivity index (χ1v) is 7.04. The van der Waals surface area contributed by atoms with E-state index in [2.05, 4.69) is 5.32 Å². The van der Waals surface area contributed by atoms with Gasteiger partial charge in [0.2, 0.25) is 11.7 Å². The minimum atomic E-state index is -2.94. The molecule has 0 bridgehead atoms. The molecule has 0 radical (unpaired) electrons. The van der Waals surface area contributed by atoms with Gasteiger partial charge in [-0.2, -0.15) is 0 Å². The number of carboxylic acids is 1. The zero-order chi connectivity index (χ0) is 18.7. The van der Waals surface area contributed by atoms with Crippen LogP contribution in [-0.4, -0.2) is 81.1 Å². The summed E-state index contributed by atoms with van der Waals surface area (Å²) in [4.78, 5) is 33.6. The Morgan fingerprint density at radius 2 is 2.00 bits per heavy atom. The van der Waals surface area contributed by atoms with Gasteiger partial charge in [-0.05, 0) is 0 Å². The molecule has 6 atom stereocenters. The molecule has 24 heavy (non-hydrogen) atoms. The number of nitrogens with one attached hydrogen (secondary N) is 1. The molecule has 0 aromatic heterocycles. The maximum absolute atomic E-state index is 11.3. The van der Waals surface area contributed by atoms with Crippen LogP contribution in [0.5, 0.6) is 0 Å². The van der Waals surface area contributed by atoms with Gasteiger partial charge in [-0.15, -0.1) is 0 Å². The number of aliphatic hydroxyl groups is 4. The number of aliphatic carboxylic acids is 1. The Hall–Kier alpha value is -1.79. The van der Waals surface area contributed by atoms with Crippen LogP contribution in [0.15, 0.2) is 0 Å². The minimum Gasteiger partial charge on any atom is -0.544 e. The normalized spacial score (nSPS) is 32.5. The summed E-state index contributed by atoms with van der Waals surface area (Å²) in [5, 5.41) is 52.3. The number of aliphatic hydroxyl groups excluding tert-OH is 3. The molecule has 1 aliphatic rings. The molecular formula is C13H20NO10-. The zero-order valence-corrected chi connectivity index (χ0v) is 13.0. The third-order valence-corrected chi connectivity index (χ3v) is 3.47. The second-order valence-electron chi connectivity index (χ2n) is 5.48. The number of ether oxygens (including phenoxy) is 2. The third-order valence-electron chi connectivity index (χ3n) is 3.47. The summed E-state index contributed by atoms with van der Waals surface area (Å²) < 4.78 is 9.79. The van der Waals surface area contributed by atoms with E-state index in [-0.39, 0.29) is 0 Å². The maximum Gasteiger partial charge on any atom is 0.303 e. The average Bonchev–Trinajstić information content (AvgIpc) is 2.46. The smallest absolute Gasteiger partial charge is 0.303 e. The van der Waals surface area contributed by atoms with Crippen molar-refractivity contribution in [1.29, 1.82) is 0 Å². The number of carbonyl (C=O) groups excluding carboxylic acids is 3. The summed E-state index contributed by atoms with van der Waals surface area (Å²) in [7, 11) is 0. The number of hydrogen-bond donors (Lipinski definition) is 5. The lowest BCUT2D eigenvalue weighted by Crippen LogP contribution is -2.69. The highest BCUT2D eigenvalue weighted by Gasteiger charge is 2.52. The molecule has 0 aliphatic carbocycles. The molecule has 1 amide bonds. The van der Waals surface area contributed by atoms with Gasteiger partial charge in [-0.1, -0.05) is 0 Å². The van der Waals surface area contributed by atoms with Crippen molar-refractivity contribution >= 4 is 17.8 Å². The van der Waals surface area contributed by atoms with Crippen LogP contribution in [0.3, 0.4) is 0 Å². The number of carbonyl (C=O) groups is 3. The average molecular weight is 350 g/mol. The lowest BCUT2D eigenvalue weighted by atomic mass is 9.88. The van der Waals surface area contributed by atoms with Crippen molar-refractivity contribution in [3.63, 3.8) is 0 Å². The topological polar surface area (TPSA) is 186 Å². The molecule has 1 heterocycles. The number of rotatable bonds is 6. The Kier molecular flexibility index (Phi) is 6.63. The van der Waals surface area contributed by atoms with Gasteiger partial charge < -0.3 is 45.1 Å². The first-order valence-electron chi connectivity index (χ1n) is 7.04. The van der Waals surface area contributed by atoms with E-state index in [1.165, 1.54) is 0 Å². The minimum absolute atomic E-state index is 0.633. The molecule has 1 aliphatic heterocycles. The van der Waals surface area contributed by atoms with E-state index < -0.39 is 67.1 Å². The lowest BCUT2D eigenvalue weighted by molar-refractivity contribution is -0.374. The Morgan fingerprint density at radius 3 is 2.42 bits per heavy atom. The van der Waals surface area contributed by atoms with Gasteiger partial charge in [-0.25, -0.2) is 0 Å². The van der Waals surface area contributed by atoms with Crippen LogP contribution < -0.4 is 10.4 Å². The van der Waals surface area contributed by atoms with E-state index >= 15 is 0 Å². The number of amides is 1. The van der Waals surface area contributed by atoms with Crippen LogP contribution in [0.25, 0.3) is 0 Å². The van der Waals surface area contributed by atoms with E-state index in [0.717, 1.165) is 13.8 Å². The second-order valence-corrected chi connectivity index (χ2v) is 5.48. The molecule has 11 nitrogen and oxygen atoms in total. The monoisotopic (exact) mass is 350 g/mol. The van der Waals surface area contributed by atoms with Crippen LogP contribution in [0.1, 0.15) is 20.3 Å². The van der Waals surface area contributed by atoms with Crippen molar-refractivity contribution in [3.8, 4) is 0 Å². The van der Waals surface area contributed by atoms with Crippen LogP contribution in [-0.2, 0) is 23.9 Å². The fraction of sp³-hybridized carbons (Fsp3) is 0.769. The number of hydrogen-bond acceptors (Lipinski definition) is 10. The molecule has 0 aromatic rings. The molecule has 11 heteroatoms. The predicted molar refractivity (Wildman–Crippen MR) is 71.7 cm³/mol.